The molecule has 0 unspecified atom stereocenters. The molecule has 26 heavy (non-hydrogen) atoms. The Morgan fingerprint density at radius 3 is 3.08 bits per heavy atom. The molecule has 0 aliphatic carbocycles. The molecule has 7 heteroatoms. The third-order valence-electron chi connectivity index (χ3n) is 4.76. The van der Waals surface area contributed by atoms with Crippen LogP contribution in [0, 0.1) is 0 Å². The Morgan fingerprint density at radius 1 is 1.35 bits per heavy atom. The van der Waals surface area contributed by atoms with E-state index in [1.54, 1.807) is 18.1 Å². The molecule has 3 heterocycles. The minimum atomic E-state index is -0.164. The summed E-state index contributed by atoms with van der Waals surface area (Å²) in [5.41, 5.74) is 3.15. The third kappa shape index (κ3) is 2.90. The second-order valence-electron chi connectivity index (χ2n) is 6.39. The van der Waals surface area contributed by atoms with Crippen LogP contribution in [0.2, 0.25) is 0 Å². The number of ether oxygens (including phenoxy) is 1. The maximum absolute atomic E-state index is 13.0. The van der Waals surface area contributed by atoms with Crippen LogP contribution in [-0.2, 0) is 24.2 Å². The van der Waals surface area contributed by atoms with Gasteiger partial charge in [-0.3, -0.25) is 9.59 Å². The SMILES string of the molecule is COCCn1nc2c(cc1=O)CN(C(=O)c1cccc3[nH]ccc13)CC2. The molecule has 1 amide bonds. The number of carbonyl (C=O) groups excluding carboxylic acids is 1. The smallest absolute Gasteiger partial charge is 0.267 e. The molecule has 0 saturated heterocycles. The Bertz CT molecular complexity index is 1020. The van der Waals surface area contributed by atoms with E-state index in [2.05, 4.69) is 10.1 Å². The summed E-state index contributed by atoms with van der Waals surface area (Å²) in [7, 11) is 1.60. The second kappa shape index (κ2) is 6.76. The summed E-state index contributed by atoms with van der Waals surface area (Å²) < 4.78 is 6.45. The van der Waals surface area contributed by atoms with Crippen molar-refractivity contribution in [2.75, 3.05) is 20.3 Å². The van der Waals surface area contributed by atoms with Gasteiger partial charge in [-0.05, 0) is 18.2 Å². The molecule has 0 radical (unpaired) electrons. The van der Waals surface area contributed by atoms with Gasteiger partial charge in [0.25, 0.3) is 11.5 Å². The van der Waals surface area contributed by atoms with E-state index in [-0.39, 0.29) is 11.5 Å². The summed E-state index contributed by atoms with van der Waals surface area (Å²) in [6, 6.07) is 9.17. The van der Waals surface area contributed by atoms with Crippen molar-refractivity contribution < 1.29 is 9.53 Å². The fourth-order valence-electron chi connectivity index (χ4n) is 3.39. The highest BCUT2D eigenvalue weighted by molar-refractivity contribution is 6.06. The van der Waals surface area contributed by atoms with E-state index in [1.807, 2.05) is 30.5 Å². The first kappa shape index (κ1) is 16.5. The average Bonchev–Trinajstić information content (AvgIpc) is 3.14. The van der Waals surface area contributed by atoms with Crippen LogP contribution in [0.3, 0.4) is 0 Å². The Morgan fingerprint density at radius 2 is 2.23 bits per heavy atom. The Balaban J connectivity index is 1.60. The maximum atomic E-state index is 13.0. The predicted octanol–water partition coefficient (Wildman–Crippen LogP) is 1.57. The van der Waals surface area contributed by atoms with Crippen LogP contribution in [0.25, 0.3) is 10.9 Å². The first-order chi connectivity index (χ1) is 12.7. The Hall–Kier alpha value is -2.93. The zero-order valence-corrected chi connectivity index (χ0v) is 14.6. The van der Waals surface area contributed by atoms with Gasteiger partial charge in [0.1, 0.15) is 0 Å². The summed E-state index contributed by atoms with van der Waals surface area (Å²) in [4.78, 5) is 30.1. The van der Waals surface area contributed by atoms with Crippen LogP contribution < -0.4 is 5.56 Å². The van der Waals surface area contributed by atoms with Gasteiger partial charge >= 0.3 is 0 Å². The summed E-state index contributed by atoms with van der Waals surface area (Å²) in [6.07, 6.45) is 2.47. The van der Waals surface area contributed by atoms with Crippen LogP contribution in [-0.4, -0.2) is 45.8 Å². The molecule has 0 atom stereocenters. The van der Waals surface area contributed by atoms with Crippen molar-refractivity contribution in [3.8, 4) is 0 Å². The molecular weight excluding hydrogens is 332 g/mol. The summed E-state index contributed by atoms with van der Waals surface area (Å²) in [6.45, 7) is 1.86. The van der Waals surface area contributed by atoms with Gasteiger partial charge in [0.05, 0.1) is 18.8 Å². The van der Waals surface area contributed by atoms with Crippen molar-refractivity contribution in [2.24, 2.45) is 0 Å². The number of fused-ring (bicyclic) bond motifs is 2. The zero-order chi connectivity index (χ0) is 18.1. The molecule has 1 N–H and O–H groups in total. The third-order valence-corrected chi connectivity index (χ3v) is 4.76. The molecule has 134 valence electrons. The average molecular weight is 352 g/mol. The minimum Gasteiger partial charge on any atom is -0.383 e. The topological polar surface area (TPSA) is 80.2 Å². The molecule has 1 aromatic carbocycles. The van der Waals surface area contributed by atoms with Gasteiger partial charge in [-0.15, -0.1) is 0 Å². The second-order valence-corrected chi connectivity index (χ2v) is 6.39. The molecule has 0 saturated carbocycles. The first-order valence-corrected chi connectivity index (χ1v) is 8.61. The van der Waals surface area contributed by atoms with Gasteiger partial charge in [-0.2, -0.15) is 5.10 Å². The van der Waals surface area contributed by atoms with Crippen molar-refractivity contribution in [3.05, 3.63) is 63.7 Å². The van der Waals surface area contributed by atoms with E-state index in [0.29, 0.717) is 38.2 Å². The van der Waals surface area contributed by atoms with Crippen molar-refractivity contribution in [1.82, 2.24) is 19.7 Å². The molecule has 4 rings (SSSR count). The molecule has 0 fully saturated rings. The van der Waals surface area contributed by atoms with Crippen molar-refractivity contribution in [2.45, 2.75) is 19.5 Å². The summed E-state index contributed by atoms with van der Waals surface area (Å²) in [5, 5.41) is 5.35. The monoisotopic (exact) mass is 352 g/mol. The number of methoxy groups -OCH3 is 1. The number of hydrogen-bond donors (Lipinski definition) is 1. The quantitative estimate of drug-likeness (QED) is 0.773. The Labute approximate surface area is 150 Å². The van der Waals surface area contributed by atoms with Gasteiger partial charge in [-0.1, -0.05) is 6.07 Å². The number of rotatable bonds is 4. The van der Waals surface area contributed by atoms with Crippen LogP contribution in [0.5, 0.6) is 0 Å². The van der Waals surface area contributed by atoms with Gasteiger partial charge in [0, 0.05) is 60.9 Å². The lowest BCUT2D eigenvalue weighted by Gasteiger charge is -2.28. The van der Waals surface area contributed by atoms with Gasteiger partial charge in [0.2, 0.25) is 0 Å². The van der Waals surface area contributed by atoms with Gasteiger partial charge in [0.15, 0.2) is 0 Å². The number of carbonyl (C=O) groups is 1. The number of nitrogens with zero attached hydrogens (tertiary/aromatic N) is 3. The highest BCUT2D eigenvalue weighted by Crippen LogP contribution is 2.22. The predicted molar refractivity (Wildman–Crippen MR) is 97.1 cm³/mol. The van der Waals surface area contributed by atoms with Crippen molar-refractivity contribution in [3.63, 3.8) is 0 Å². The fourth-order valence-corrected chi connectivity index (χ4v) is 3.39. The maximum Gasteiger partial charge on any atom is 0.267 e. The lowest BCUT2D eigenvalue weighted by atomic mass is 10.0. The molecule has 2 aromatic heterocycles. The highest BCUT2D eigenvalue weighted by atomic mass is 16.5. The molecule has 1 aliphatic heterocycles. The molecule has 0 spiro atoms. The Kier molecular flexibility index (Phi) is 4.30. The number of H-pyrrole nitrogens is 1. The number of hydrogen-bond acceptors (Lipinski definition) is 4. The number of benzene rings is 1. The van der Waals surface area contributed by atoms with Crippen molar-refractivity contribution in [1.29, 1.82) is 0 Å². The minimum absolute atomic E-state index is 0.0237. The summed E-state index contributed by atoms with van der Waals surface area (Å²) in [5.74, 6) is -0.0237. The summed E-state index contributed by atoms with van der Waals surface area (Å²) >= 11 is 0. The standard InChI is InChI=1S/C19H20N4O3/c1-26-10-9-23-18(24)11-13-12-22(8-6-16(13)21-23)19(25)15-3-2-4-17-14(15)5-7-20-17/h2-5,7,11,20H,6,8-10,12H2,1H3. The zero-order valence-electron chi connectivity index (χ0n) is 14.6. The van der Waals surface area contributed by atoms with Crippen molar-refractivity contribution >= 4 is 16.8 Å². The molecule has 3 aromatic rings. The molecule has 0 bridgehead atoms. The number of amides is 1. The van der Waals surface area contributed by atoms with Crippen LogP contribution in [0.4, 0.5) is 0 Å². The van der Waals surface area contributed by atoms with E-state index in [0.717, 1.165) is 22.2 Å². The van der Waals surface area contributed by atoms with Crippen LogP contribution in [0.1, 0.15) is 21.6 Å². The van der Waals surface area contributed by atoms with E-state index >= 15 is 0 Å². The lowest BCUT2D eigenvalue weighted by Crippen LogP contribution is -2.38. The molecule has 7 nitrogen and oxygen atoms in total. The fraction of sp³-hybridized carbons (Fsp3) is 0.316. The van der Waals surface area contributed by atoms with E-state index in [9.17, 15) is 9.59 Å². The van der Waals surface area contributed by atoms with E-state index in [4.69, 9.17) is 4.74 Å². The lowest BCUT2D eigenvalue weighted by molar-refractivity contribution is 0.0734. The normalized spacial score (nSPS) is 13.8. The largest absolute Gasteiger partial charge is 0.383 e. The first-order valence-electron chi connectivity index (χ1n) is 8.61. The molecular formula is C19H20N4O3. The van der Waals surface area contributed by atoms with E-state index < -0.39 is 0 Å². The van der Waals surface area contributed by atoms with Gasteiger partial charge in [-0.25, -0.2) is 4.68 Å². The van der Waals surface area contributed by atoms with E-state index in [1.165, 1.54) is 4.68 Å². The number of aromatic amines is 1. The van der Waals surface area contributed by atoms with Gasteiger partial charge < -0.3 is 14.6 Å². The van der Waals surface area contributed by atoms with Crippen LogP contribution in [0.15, 0.2) is 41.3 Å². The molecule has 1 aliphatic rings. The highest BCUT2D eigenvalue weighted by Gasteiger charge is 2.24. The number of aromatic nitrogens is 3. The van der Waals surface area contributed by atoms with Crippen LogP contribution >= 0.6 is 0 Å². The number of nitrogens with one attached hydrogen (secondary N) is 1.